The van der Waals surface area contributed by atoms with Gasteiger partial charge < -0.3 is 15.3 Å². The van der Waals surface area contributed by atoms with E-state index in [1.165, 1.54) is 4.90 Å². The van der Waals surface area contributed by atoms with Crippen molar-refractivity contribution in [2.45, 2.75) is 27.1 Å². The van der Waals surface area contributed by atoms with Crippen LogP contribution in [0.5, 0.6) is 0 Å². The Hall–Kier alpha value is -0.740. The van der Waals surface area contributed by atoms with Gasteiger partial charge in [0.1, 0.15) is 5.16 Å². The monoisotopic (exact) mass is 218 g/mol. The largest absolute Gasteiger partial charge is 0.356 e. The zero-order chi connectivity index (χ0) is 10.9. The number of nitrogens with zero attached hydrogens (tertiary/aromatic N) is 1. The number of aliphatic hydroxyl groups is 1. The van der Waals surface area contributed by atoms with E-state index in [0.717, 1.165) is 0 Å². The molecule has 0 aromatic carbocycles. The second kappa shape index (κ2) is 4.19. The van der Waals surface area contributed by atoms with Crippen LogP contribution in [0.25, 0.3) is 0 Å². The molecule has 0 radical (unpaired) electrons. The van der Waals surface area contributed by atoms with Crippen LogP contribution in [0.1, 0.15) is 20.8 Å². The first-order chi connectivity index (χ1) is 6.49. The Labute approximate surface area is 88.5 Å². The molecule has 1 amide bonds. The van der Waals surface area contributed by atoms with Crippen LogP contribution in [0.15, 0.2) is 10.7 Å². The predicted octanol–water partition coefficient (Wildman–Crippen LogP) is 0.820. The molecule has 1 heterocycles. The van der Waals surface area contributed by atoms with Gasteiger partial charge in [-0.1, -0.05) is 25.4 Å². The molecule has 0 aromatic heterocycles. The standard InChI is InChI=1S/C9H15ClN2O2/c1-4-12-7(10)6(5(2)3)8(13)11-9(12)14/h5,9,14H,4H2,1-3H3,(H,11,13). The maximum atomic E-state index is 11.5. The van der Waals surface area contributed by atoms with Crippen molar-refractivity contribution >= 4 is 17.5 Å². The summed E-state index contributed by atoms with van der Waals surface area (Å²) in [5, 5.41) is 12.3. The summed E-state index contributed by atoms with van der Waals surface area (Å²) in [7, 11) is 0. The lowest BCUT2D eigenvalue weighted by Crippen LogP contribution is -2.52. The molecule has 80 valence electrons. The SMILES string of the molecule is CCN1C(Cl)=C(C(C)C)C(=O)NC1O. The van der Waals surface area contributed by atoms with Gasteiger partial charge in [-0.05, 0) is 12.8 Å². The first kappa shape index (κ1) is 11.3. The summed E-state index contributed by atoms with van der Waals surface area (Å²) in [5.41, 5.74) is 0.527. The first-order valence-corrected chi connectivity index (χ1v) is 5.02. The summed E-state index contributed by atoms with van der Waals surface area (Å²) < 4.78 is 0. The molecule has 1 aliphatic rings. The van der Waals surface area contributed by atoms with Gasteiger partial charge in [-0.3, -0.25) is 4.79 Å². The number of hydrogen-bond acceptors (Lipinski definition) is 3. The third-order valence-electron chi connectivity index (χ3n) is 2.19. The van der Waals surface area contributed by atoms with Crippen LogP contribution in [0, 0.1) is 5.92 Å². The fourth-order valence-corrected chi connectivity index (χ4v) is 1.96. The molecule has 1 rings (SSSR count). The van der Waals surface area contributed by atoms with Gasteiger partial charge in [-0.2, -0.15) is 0 Å². The summed E-state index contributed by atoms with van der Waals surface area (Å²) in [6.07, 6.45) is -1.01. The smallest absolute Gasteiger partial charge is 0.253 e. The lowest BCUT2D eigenvalue weighted by atomic mass is 10.0. The molecule has 5 heteroatoms. The number of carbonyl (C=O) groups is 1. The van der Waals surface area contributed by atoms with Crippen molar-refractivity contribution in [1.29, 1.82) is 0 Å². The zero-order valence-corrected chi connectivity index (χ0v) is 9.30. The second-order valence-corrected chi connectivity index (χ2v) is 3.85. The Morgan fingerprint density at radius 2 is 2.21 bits per heavy atom. The molecule has 1 unspecified atom stereocenters. The number of hydrogen-bond donors (Lipinski definition) is 2. The van der Waals surface area contributed by atoms with Crippen LogP contribution in [0.3, 0.4) is 0 Å². The highest BCUT2D eigenvalue weighted by Crippen LogP contribution is 2.26. The minimum atomic E-state index is -1.01. The summed E-state index contributed by atoms with van der Waals surface area (Å²) in [6.45, 7) is 6.20. The molecule has 0 saturated heterocycles. The van der Waals surface area contributed by atoms with Gasteiger partial charge in [0.15, 0.2) is 0 Å². The van der Waals surface area contributed by atoms with E-state index in [4.69, 9.17) is 11.6 Å². The normalized spacial score (nSPS) is 23.1. The highest BCUT2D eigenvalue weighted by Gasteiger charge is 2.31. The Morgan fingerprint density at radius 1 is 1.64 bits per heavy atom. The van der Waals surface area contributed by atoms with E-state index in [1.807, 2.05) is 20.8 Å². The van der Waals surface area contributed by atoms with Gasteiger partial charge in [-0.25, -0.2) is 0 Å². The molecule has 0 fully saturated rings. The zero-order valence-electron chi connectivity index (χ0n) is 8.54. The first-order valence-electron chi connectivity index (χ1n) is 4.64. The van der Waals surface area contributed by atoms with Crippen molar-refractivity contribution < 1.29 is 9.90 Å². The van der Waals surface area contributed by atoms with Crippen molar-refractivity contribution in [2.24, 2.45) is 5.92 Å². The number of rotatable bonds is 2. The third-order valence-corrected chi connectivity index (χ3v) is 2.61. The van der Waals surface area contributed by atoms with Crippen LogP contribution >= 0.6 is 11.6 Å². The van der Waals surface area contributed by atoms with Gasteiger partial charge >= 0.3 is 0 Å². The van der Waals surface area contributed by atoms with Gasteiger partial charge in [0.25, 0.3) is 5.91 Å². The molecular weight excluding hydrogens is 204 g/mol. The van der Waals surface area contributed by atoms with E-state index in [2.05, 4.69) is 5.32 Å². The fourth-order valence-electron chi connectivity index (χ4n) is 1.44. The average molecular weight is 219 g/mol. The van der Waals surface area contributed by atoms with E-state index in [-0.39, 0.29) is 11.8 Å². The molecular formula is C9H15ClN2O2. The summed E-state index contributed by atoms with van der Waals surface area (Å²) in [5.74, 6) is -0.244. The van der Waals surface area contributed by atoms with Gasteiger partial charge in [0.2, 0.25) is 6.35 Å². The lowest BCUT2D eigenvalue weighted by molar-refractivity contribution is -0.126. The number of aliphatic hydroxyl groups excluding tert-OH is 1. The van der Waals surface area contributed by atoms with Crippen molar-refractivity contribution in [2.75, 3.05) is 6.54 Å². The molecule has 0 aromatic rings. The van der Waals surface area contributed by atoms with E-state index in [0.29, 0.717) is 17.3 Å². The summed E-state index contributed by atoms with van der Waals surface area (Å²) >= 11 is 6.02. The fraction of sp³-hybridized carbons (Fsp3) is 0.667. The highest BCUT2D eigenvalue weighted by atomic mass is 35.5. The quantitative estimate of drug-likeness (QED) is 0.675. The minimum absolute atomic E-state index is 0.0454. The van der Waals surface area contributed by atoms with Crippen LogP contribution in [-0.2, 0) is 4.79 Å². The van der Waals surface area contributed by atoms with Crippen LogP contribution in [0.2, 0.25) is 0 Å². The van der Waals surface area contributed by atoms with E-state index < -0.39 is 6.35 Å². The minimum Gasteiger partial charge on any atom is -0.356 e. The van der Waals surface area contributed by atoms with Gasteiger partial charge in [0, 0.05) is 6.54 Å². The molecule has 0 spiro atoms. The number of halogens is 1. The Morgan fingerprint density at radius 3 is 2.64 bits per heavy atom. The summed E-state index contributed by atoms with van der Waals surface area (Å²) in [4.78, 5) is 13.0. The Kier molecular flexibility index (Phi) is 3.39. The molecule has 0 aliphatic carbocycles. The number of nitrogens with one attached hydrogen (secondary N) is 1. The highest BCUT2D eigenvalue weighted by molar-refractivity contribution is 6.31. The van der Waals surface area contributed by atoms with Crippen molar-refractivity contribution in [1.82, 2.24) is 10.2 Å². The van der Waals surface area contributed by atoms with E-state index in [1.54, 1.807) is 0 Å². The number of carbonyl (C=O) groups excluding carboxylic acids is 1. The van der Waals surface area contributed by atoms with Crippen LogP contribution in [-0.4, -0.2) is 28.8 Å². The Balaban J connectivity index is 3.08. The van der Waals surface area contributed by atoms with Crippen LogP contribution in [0.4, 0.5) is 0 Å². The molecule has 0 saturated carbocycles. The molecule has 4 nitrogen and oxygen atoms in total. The molecule has 1 aliphatic heterocycles. The molecule has 0 bridgehead atoms. The lowest BCUT2D eigenvalue weighted by Gasteiger charge is -2.35. The maximum absolute atomic E-state index is 11.5. The predicted molar refractivity (Wildman–Crippen MR) is 54.2 cm³/mol. The Bertz CT molecular complexity index is 276. The second-order valence-electron chi connectivity index (χ2n) is 3.49. The average Bonchev–Trinajstić information content (AvgIpc) is 2.02. The summed E-state index contributed by atoms with van der Waals surface area (Å²) in [6, 6.07) is 0. The number of amides is 1. The van der Waals surface area contributed by atoms with Crippen molar-refractivity contribution in [3.05, 3.63) is 10.7 Å². The van der Waals surface area contributed by atoms with E-state index >= 15 is 0 Å². The molecule has 1 atom stereocenters. The maximum Gasteiger partial charge on any atom is 0.253 e. The van der Waals surface area contributed by atoms with E-state index in [9.17, 15) is 9.90 Å². The topological polar surface area (TPSA) is 52.6 Å². The van der Waals surface area contributed by atoms with Crippen LogP contribution < -0.4 is 5.32 Å². The van der Waals surface area contributed by atoms with Crippen molar-refractivity contribution in [3.63, 3.8) is 0 Å². The third kappa shape index (κ3) is 1.86. The molecule has 2 N–H and O–H groups in total. The molecule has 14 heavy (non-hydrogen) atoms. The van der Waals surface area contributed by atoms with Gasteiger partial charge in [0.05, 0.1) is 5.57 Å². The van der Waals surface area contributed by atoms with Gasteiger partial charge in [-0.15, -0.1) is 0 Å². The van der Waals surface area contributed by atoms with Crippen molar-refractivity contribution in [3.8, 4) is 0 Å².